The molecule has 1 aromatic heterocycles. The zero-order valence-electron chi connectivity index (χ0n) is 21.2. The van der Waals surface area contributed by atoms with Crippen LogP contribution in [0.2, 0.25) is 5.02 Å². The van der Waals surface area contributed by atoms with Gasteiger partial charge in [-0.3, -0.25) is 4.79 Å². The van der Waals surface area contributed by atoms with Crippen LogP contribution in [-0.2, 0) is 18.3 Å². The van der Waals surface area contributed by atoms with E-state index in [0.29, 0.717) is 23.1 Å². The molecule has 36 heavy (non-hydrogen) atoms. The molecule has 0 radical (unpaired) electrons. The maximum absolute atomic E-state index is 12.7. The second-order valence-corrected chi connectivity index (χ2v) is 10.9. The van der Waals surface area contributed by atoms with Gasteiger partial charge in [-0.2, -0.15) is 0 Å². The van der Waals surface area contributed by atoms with Gasteiger partial charge in [0.1, 0.15) is 0 Å². The number of amides is 1. The van der Waals surface area contributed by atoms with Crippen LogP contribution in [0.5, 0.6) is 0 Å². The number of fused-ring (bicyclic) bond motifs is 1. The number of nitrogens with zero attached hydrogens (tertiary/aromatic N) is 2. The fourth-order valence-electron chi connectivity index (χ4n) is 5.29. The molecule has 1 aliphatic heterocycles. The number of hydrogen-bond acceptors (Lipinski definition) is 5. The first-order chi connectivity index (χ1) is 17.4. The third-order valence-corrected chi connectivity index (χ3v) is 7.94. The Labute approximate surface area is 217 Å². The van der Waals surface area contributed by atoms with Crippen molar-refractivity contribution >= 4 is 40.2 Å². The van der Waals surface area contributed by atoms with Crippen LogP contribution in [0, 0.1) is 0 Å². The van der Waals surface area contributed by atoms with Crippen LogP contribution in [-0.4, -0.2) is 40.3 Å². The van der Waals surface area contributed by atoms with Gasteiger partial charge in [-0.15, -0.1) is 0 Å². The molecule has 2 aliphatic rings. The van der Waals surface area contributed by atoms with Crippen molar-refractivity contribution in [2.75, 3.05) is 18.5 Å². The molecular formula is C28H36ClN5O2. The Morgan fingerprint density at radius 3 is 2.78 bits per heavy atom. The average Bonchev–Trinajstić information content (AvgIpc) is 3.51. The van der Waals surface area contributed by atoms with Crippen LogP contribution < -0.4 is 16.0 Å². The normalized spacial score (nSPS) is 19.5. The summed E-state index contributed by atoms with van der Waals surface area (Å²) in [6.07, 6.45) is 8.53. The van der Waals surface area contributed by atoms with E-state index >= 15 is 0 Å². The SMILES string of the molecule is Cn1c(Nc2cc(CNC3(C)CCCCC3)ccc2Cl)nc2cc(C(=O)NCC3CCCO3)ccc21. The van der Waals surface area contributed by atoms with Crippen molar-refractivity contribution < 1.29 is 9.53 Å². The third kappa shape index (κ3) is 5.69. The summed E-state index contributed by atoms with van der Waals surface area (Å²) in [5.41, 5.74) is 4.48. The zero-order chi connectivity index (χ0) is 25.1. The Balaban J connectivity index is 1.28. The molecule has 7 nitrogen and oxygen atoms in total. The highest BCUT2D eigenvalue weighted by molar-refractivity contribution is 6.33. The van der Waals surface area contributed by atoms with E-state index in [2.05, 4.69) is 35.0 Å². The Kier molecular flexibility index (Phi) is 7.51. The average molecular weight is 510 g/mol. The van der Waals surface area contributed by atoms with E-state index in [4.69, 9.17) is 21.3 Å². The molecular weight excluding hydrogens is 474 g/mol. The van der Waals surface area contributed by atoms with E-state index in [9.17, 15) is 4.79 Å². The lowest BCUT2D eigenvalue weighted by molar-refractivity contribution is 0.0858. The fourth-order valence-corrected chi connectivity index (χ4v) is 5.45. The van der Waals surface area contributed by atoms with Crippen molar-refractivity contribution in [1.29, 1.82) is 0 Å². The van der Waals surface area contributed by atoms with Crippen molar-refractivity contribution in [2.24, 2.45) is 7.05 Å². The lowest BCUT2D eigenvalue weighted by Gasteiger charge is -2.35. The minimum Gasteiger partial charge on any atom is -0.376 e. The van der Waals surface area contributed by atoms with Crippen LogP contribution >= 0.6 is 11.6 Å². The van der Waals surface area contributed by atoms with Crippen LogP contribution in [0.15, 0.2) is 36.4 Å². The van der Waals surface area contributed by atoms with E-state index < -0.39 is 0 Å². The molecule has 5 rings (SSSR count). The second-order valence-electron chi connectivity index (χ2n) is 10.5. The van der Waals surface area contributed by atoms with Crippen molar-refractivity contribution in [3.05, 3.63) is 52.5 Å². The standard InChI is InChI=1S/C28H36ClN5O2/c1-28(12-4-3-5-13-28)31-17-19-8-10-22(29)23(15-19)32-27-33-24-16-20(9-11-25(24)34(27)2)26(35)30-18-21-7-6-14-36-21/h8-11,15-16,21,31H,3-7,12-14,17-18H2,1-2H3,(H,30,35)(H,32,33). The molecule has 2 fully saturated rings. The molecule has 1 amide bonds. The van der Waals surface area contributed by atoms with Gasteiger partial charge in [0.05, 0.1) is 27.8 Å². The first-order valence-corrected chi connectivity index (χ1v) is 13.4. The number of halogens is 1. The van der Waals surface area contributed by atoms with Crippen molar-refractivity contribution in [2.45, 2.75) is 70.1 Å². The van der Waals surface area contributed by atoms with E-state index in [1.54, 1.807) is 0 Å². The molecule has 2 aromatic carbocycles. The molecule has 1 saturated carbocycles. The summed E-state index contributed by atoms with van der Waals surface area (Å²) in [6, 6.07) is 11.7. The number of imidazole rings is 1. The Morgan fingerprint density at radius 2 is 2.00 bits per heavy atom. The molecule has 192 valence electrons. The highest BCUT2D eigenvalue weighted by Crippen LogP contribution is 2.30. The number of anilines is 2. The fraction of sp³-hybridized carbons (Fsp3) is 0.500. The summed E-state index contributed by atoms with van der Waals surface area (Å²) in [6.45, 7) is 4.45. The Bertz CT molecular complexity index is 1230. The Morgan fingerprint density at radius 1 is 1.17 bits per heavy atom. The molecule has 1 unspecified atom stereocenters. The van der Waals surface area contributed by atoms with E-state index in [-0.39, 0.29) is 17.6 Å². The van der Waals surface area contributed by atoms with E-state index in [0.717, 1.165) is 42.7 Å². The maximum atomic E-state index is 12.7. The van der Waals surface area contributed by atoms with Gasteiger partial charge < -0.3 is 25.3 Å². The number of aryl methyl sites for hydroxylation is 1. The van der Waals surface area contributed by atoms with Gasteiger partial charge in [0.15, 0.2) is 0 Å². The number of carbonyl (C=O) groups is 1. The largest absolute Gasteiger partial charge is 0.376 e. The number of hydrogen-bond donors (Lipinski definition) is 3. The predicted molar refractivity (Wildman–Crippen MR) is 145 cm³/mol. The highest BCUT2D eigenvalue weighted by Gasteiger charge is 2.25. The van der Waals surface area contributed by atoms with Crippen LogP contribution in [0.3, 0.4) is 0 Å². The van der Waals surface area contributed by atoms with Crippen molar-refractivity contribution in [3.63, 3.8) is 0 Å². The monoisotopic (exact) mass is 509 g/mol. The molecule has 1 saturated heterocycles. The highest BCUT2D eigenvalue weighted by atomic mass is 35.5. The summed E-state index contributed by atoms with van der Waals surface area (Å²) >= 11 is 6.55. The van der Waals surface area contributed by atoms with E-state index in [1.165, 1.54) is 37.7 Å². The van der Waals surface area contributed by atoms with Crippen LogP contribution in [0.1, 0.15) is 67.8 Å². The van der Waals surface area contributed by atoms with Crippen molar-refractivity contribution in [3.8, 4) is 0 Å². The number of carbonyl (C=O) groups excluding carboxylic acids is 1. The van der Waals surface area contributed by atoms with Crippen LogP contribution in [0.25, 0.3) is 11.0 Å². The summed E-state index contributed by atoms with van der Waals surface area (Å²) in [5.74, 6) is 0.565. The summed E-state index contributed by atoms with van der Waals surface area (Å²) in [5, 5.41) is 10.8. The van der Waals surface area contributed by atoms with Gasteiger partial charge in [0.2, 0.25) is 5.95 Å². The second kappa shape index (κ2) is 10.8. The quantitative estimate of drug-likeness (QED) is 0.363. The van der Waals surface area contributed by atoms with Gasteiger partial charge in [-0.1, -0.05) is 36.9 Å². The smallest absolute Gasteiger partial charge is 0.251 e. The number of benzene rings is 2. The zero-order valence-corrected chi connectivity index (χ0v) is 22.0. The molecule has 8 heteroatoms. The summed E-state index contributed by atoms with van der Waals surface area (Å²) in [4.78, 5) is 17.4. The van der Waals surface area contributed by atoms with Gasteiger partial charge in [-0.25, -0.2) is 4.98 Å². The minimum atomic E-state index is -0.109. The van der Waals surface area contributed by atoms with Gasteiger partial charge in [-0.05, 0) is 68.5 Å². The predicted octanol–water partition coefficient (Wildman–Crippen LogP) is 5.69. The van der Waals surface area contributed by atoms with Crippen LogP contribution in [0.4, 0.5) is 11.6 Å². The molecule has 3 aromatic rings. The molecule has 0 bridgehead atoms. The van der Waals surface area contributed by atoms with E-state index in [1.807, 2.05) is 35.9 Å². The lowest BCUT2D eigenvalue weighted by atomic mass is 9.83. The first kappa shape index (κ1) is 25.1. The Hall–Kier alpha value is -2.61. The lowest BCUT2D eigenvalue weighted by Crippen LogP contribution is -2.43. The number of rotatable bonds is 8. The van der Waals surface area contributed by atoms with Gasteiger partial charge in [0.25, 0.3) is 5.91 Å². The van der Waals surface area contributed by atoms with Gasteiger partial charge in [0, 0.05) is 37.8 Å². The minimum absolute atomic E-state index is 0.109. The molecule has 3 N–H and O–H groups in total. The number of aromatic nitrogens is 2. The number of ether oxygens (including phenoxy) is 1. The molecule has 0 spiro atoms. The number of nitrogens with one attached hydrogen (secondary N) is 3. The first-order valence-electron chi connectivity index (χ1n) is 13.1. The van der Waals surface area contributed by atoms with Gasteiger partial charge >= 0.3 is 0 Å². The summed E-state index contributed by atoms with van der Waals surface area (Å²) < 4.78 is 7.58. The summed E-state index contributed by atoms with van der Waals surface area (Å²) in [7, 11) is 1.96. The maximum Gasteiger partial charge on any atom is 0.251 e. The van der Waals surface area contributed by atoms with Crippen molar-refractivity contribution in [1.82, 2.24) is 20.2 Å². The third-order valence-electron chi connectivity index (χ3n) is 7.61. The molecule has 1 atom stereocenters. The molecule has 2 heterocycles. The topological polar surface area (TPSA) is 80.2 Å². The molecule has 1 aliphatic carbocycles.